The Morgan fingerprint density at radius 3 is 1.17 bits per heavy atom. The van der Waals surface area contributed by atoms with Crippen LogP contribution in [0.15, 0.2) is 122 Å². The molecule has 5 rings (SSSR count). The molecule has 1 aliphatic carbocycles. The lowest BCUT2D eigenvalue weighted by Crippen LogP contribution is -2.16. The van der Waals surface area contributed by atoms with Gasteiger partial charge in [0, 0.05) is 29.7 Å². The number of hydrogen-bond donors (Lipinski definition) is 0. The molecular weight excluding hydrogens is 813 g/mol. The first kappa shape index (κ1) is 46.3. The highest BCUT2D eigenvalue weighted by molar-refractivity contribution is 5.90. The van der Waals surface area contributed by atoms with Crippen LogP contribution < -0.4 is 18.9 Å². The highest BCUT2D eigenvalue weighted by atomic mass is 16.7. The Bertz CT molecular complexity index is 2210. The minimum atomic E-state index is -0.868. The van der Waals surface area contributed by atoms with Crippen molar-refractivity contribution in [3.05, 3.63) is 145 Å². The number of unbranched alkanes of at least 4 members (excludes halogenated alkanes) is 2. The topological polar surface area (TPSA) is 176 Å². The van der Waals surface area contributed by atoms with E-state index >= 15 is 0 Å². The second-order valence-corrected chi connectivity index (χ2v) is 14.2. The molecule has 63 heavy (non-hydrogen) atoms. The molecule has 0 spiro atoms. The molecule has 0 fully saturated rings. The maximum Gasteiger partial charge on any atom is 0.513 e. The van der Waals surface area contributed by atoms with Gasteiger partial charge in [-0.1, -0.05) is 63.4 Å². The predicted molar refractivity (Wildman–Crippen MR) is 231 cm³/mol. The first-order chi connectivity index (χ1) is 30.3. The summed E-state index contributed by atoms with van der Waals surface area (Å²) in [5, 5.41) is 0. The van der Waals surface area contributed by atoms with Gasteiger partial charge in [0.15, 0.2) is 0 Å². The van der Waals surface area contributed by atoms with Crippen molar-refractivity contribution < 1.29 is 66.7 Å². The standard InChI is InChI=1S/C49H46O14/c1-5-43(50)56-27-7-9-29-58-47(54)62-35-17-11-33(12-18-35)15-25-45(52)60-37-21-23-39-40-24-22-38(32-42(40)49(3,4)41(39)31-37)61-46(53)26-16-34-13-19-36(20-14-34)63-48(55)59-30-10-8-28-57-44(51)6-2/h5-6,11-26,31-32H,1-2,7-10,27-30H2,3-4H3. The molecule has 0 atom stereocenters. The summed E-state index contributed by atoms with van der Waals surface area (Å²) >= 11 is 0. The maximum atomic E-state index is 12.8. The van der Waals surface area contributed by atoms with E-state index in [4.69, 9.17) is 37.9 Å². The summed E-state index contributed by atoms with van der Waals surface area (Å²) in [6.45, 7) is 11.3. The van der Waals surface area contributed by atoms with Crippen molar-refractivity contribution in [1.82, 2.24) is 0 Å². The van der Waals surface area contributed by atoms with E-state index in [0.29, 0.717) is 48.3 Å². The van der Waals surface area contributed by atoms with Crippen molar-refractivity contribution >= 4 is 48.3 Å². The van der Waals surface area contributed by atoms with Gasteiger partial charge < -0.3 is 37.9 Å². The molecule has 0 bridgehead atoms. The number of benzene rings is 4. The van der Waals surface area contributed by atoms with Gasteiger partial charge in [-0.2, -0.15) is 0 Å². The van der Waals surface area contributed by atoms with Gasteiger partial charge in [-0.05, 0) is 120 Å². The zero-order chi connectivity index (χ0) is 45.2. The quantitative estimate of drug-likeness (QED) is 0.0205. The Hall–Kier alpha value is -7.74. The molecule has 4 aromatic carbocycles. The third-order valence-electron chi connectivity index (χ3n) is 9.38. The highest BCUT2D eigenvalue weighted by Crippen LogP contribution is 2.50. The zero-order valence-electron chi connectivity index (χ0n) is 34.8. The molecule has 326 valence electrons. The van der Waals surface area contributed by atoms with Gasteiger partial charge in [-0.3, -0.25) is 0 Å². The van der Waals surface area contributed by atoms with Crippen LogP contribution in [-0.4, -0.2) is 62.6 Å². The molecule has 14 heteroatoms. The molecule has 0 saturated heterocycles. The number of ether oxygens (including phenoxy) is 8. The molecule has 14 nitrogen and oxygen atoms in total. The average molecular weight is 859 g/mol. The monoisotopic (exact) mass is 858 g/mol. The summed E-state index contributed by atoms with van der Waals surface area (Å²) in [4.78, 5) is 71.6. The third kappa shape index (κ3) is 14.2. The maximum absolute atomic E-state index is 12.8. The molecule has 0 N–H and O–H groups in total. The predicted octanol–water partition coefficient (Wildman–Crippen LogP) is 9.28. The molecule has 0 saturated carbocycles. The first-order valence-corrected chi connectivity index (χ1v) is 19.9. The van der Waals surface area contributed by atoms with E-state index in [-0.39, 0.29) is 37.9 Å². The van der Waals surface area contributed by atoms with Crippen molar-refractivity contribution in [2.45, 2.75) is 44.9 Å². The Morgan fingerprint density at radius 1 is 0.460 bits per heavy atom. The summed E-state index contributed by atoms with van der Waals surface area (Å²) < 4.78 is 41.4. The molecule has 0 amide bonds. The molecule has 1 aliphatic rings. The van der Waals surface area contributed by atoms with Gasteiger partial charge >= 0.3 is 36.2 Å². The average Bonchev–Trinajstić information content (AvgIpc) is 3.49. The lowest BCUT2D eigenvalue weighted by molar-refractivity contribution is -0.138. The van der Waals surface area contributed by atoms with E-state index < -0.39 is 41.6 Å². The summed E-state index contributed by atoms with van der Waals surface area (Å²) in [5.74, 6) is -0.964. The van der Waals surface area contributed by atoms with Gasteiger partial charge in [0.2, 0.25) is 0 Å². The van der Waals surface area contributed by atoms with E-state index in [1.807, 2.05) is 38.1 Å². The summed E-state index contributed by atoms with van der Waals surface area (Å²) in [6, 6.07) is 23.8. The van der Waals surface area contributed by atoms with Crippen LogP contribution >= 0.6 is 0 Å². The molecule has 0 aromatic heterocycles. The van der Waals surface area contributed by atoms with Gasteiger partial charge in [-0.25, -0.2) is 28.8 Å². The van der Waals surface area contributed by atoms with Crippen LogP contribution in [0.3, 0.4) is 0 Å². The van der Waals surface area contributed by atoms with Crippen LogP contribution in [-0.2, 0) is 43.5 Å². The van der Waals surface area contributed by atoms with Crippen molar-refractivity contribution in [3.63, 3.8) is 0 Å². The SMILES string of the molecule is C=CC(=O)OCCCCOC(=O)Oc1ccc(C=CC(=O)Oc2ccc3c(c2)C(C)(C)c2cc(OC(=O)C=Cc4ccc(OC(=O)OCCCCOC(=O)C=C)cc4)ccc2-3)cc1. The van der Waals surface area contributed by atoms with Crippen molar-refractivity contribution in [1.29, 1.82) is 0 Å². The summed E-state index contributed by atoms with van der Waals surface area (Å²) in [6.07, 6.45) is 8.15. The normalized spacial score (nSPS) is 12.0. The largest absolute Gasteiger partial charge is 0.513 e. The second kappa shape index (κ2) is 22.7. The van der Waals surface area contributed by atoms with Crippen LogP contribution in [0.2, 0.25) is 0 Å². The van der Waals surface area contributed by atoms with Crippen molar-refractivity contribution in [3.8, 4) is 34.1 Å². The number of esters is 4. The van der Waals surface area contributed by atoms with E-state index in [0.717, 1.165) is 34.4 Å². The highest BCUT2D eigenvalue weighted by Gasteiger charge is 2.36. The van der Waals surface area contributed by atoms with Crippen LogP contribution in [0, 0.1) is 0 Å². The number of rotatable bonds is 20. The van der Waals surface area contributed by atoms with Crippen LogP contribution in [0.25, 0.3) is 23.3 Å². The van der Waals surface area contributed by atoms with Crippen molar-refractivity contribution in [2.75, 3.05) is 26.4 Å². The van der Waals surface area contributed by atoms with Gasteiger partial charge in [0.05, 0.1) is 26.4 Å². The molecule has 0 aliphatic heterocycles. The second-order valence-electron chi connectivity index (χ2n) is 14.2. The van der Waals surface area contributed by atoms with E-state index in [1.165, 1.54) is 12.2 Å². The van der Waals surface area contributed by atoms with Crippen LogP contribution in [0.4, 0.5) is 9.59 Å². The van der Waals surface area contributed by atoms with Gasteiger partial charge in [0.1, 0.15) is 23.0 Å². The molecular formula is C49H46O14. The van der Waals surface area contributed by atoms with E-state index in [9.17, 15) is 28.8 Å². The minimum absolute atomic E-state index is 0.101. The van der Waals surface area contributed by atoms with Crippen molar-refractivity contribution in [2.24, 2.45) is 0 Å². The fourth-order valence-corrected chi connectivity index (χ4v) is 6.18. The fourth-order valence-electron chi connectivity index (χ4n) is 6.18. The van der Waals surface area contributed by atoms with E-state index in [2.05, 4.69) is 13.2 Å². The Morgan fingerprint density at radius 2 is 0.810 bits per heavy atom. The zero-order valence-corrected chi connectivity index (χ0v) is 34.8. The molecule has 0 unspecified atom stereocenters. The van der Waals surface area contributed by atoms with Gasteiger partial charge in [0.25, 0.3) is 0 Å². The molecule has 0 heterocycles. The smallest absolute Gasteiger partial charge is 0.463 e. The summed E-state index contributed by atoms with van der Waals surface area (Å²) in [7, 11) is 0. The third-order valence-corrected chi connectivity index (χ3v) is 9.38. The minimum Gasteiger partial charge on any atom is -0.463 e. The van der Waals surface area contributed by atoms with Crippen LogP contribution in [0.5, 0.6) is 23.0 Å². The molecule has 4 aromatic rings. The molecule has 0 radical (unpaired) electrons. The Kier molecular flexibility index (Phi) is 16.7. The number of carbonyl (C=O) groups is 6. The Balaban J connectivity index is 1.06. The fraction of sp³-hybridized carbons (Fsp3) is 0.224. The van der Waals surface area contributed by atoms with Gasteiger partial charge in [-0.15, -0.1) is 0 Å². The first-order valence-electron chi connectivity index (χ1n) is 19.9. The lowest BCUT2D eigenvalue weighted by atomic mass is 9.82. The Labute approximate surface area is 364 Å². The summed E-state index contributed by atoms with van der Waals surface area (Å²) in [5.41, 5.74) is 4.60. The number of fused-ring (bicyclic) bond motifs is 3. The van der Waals surface area contributed by atoms with Crippen LogP contribution in [0.1, 0.15) is 61.8 Å². The lowest BCUT2D eigenvalue weighted by Gasteiger charge is -2.22. The number of carbonyl (C=O) groups excluding carboxylic acids is 6. The van der Waals surface area contributed by atoms with E-state index in [1.54, 1.807) is 72.8 Å². The number of hydrogen-bond acceptors (Lipinski definition) is 14.